The van der Waals surface area contributed by atoms with Gasteiger partial charge in [-0.05, 0) is 80.6 Å². The molecule has 156 valence electrons. The molecule has 4 rings (SSSR count). The quantitative estimate of drug-likeness (QED) is 0.547. The minimum Gasteiger partial charge on any atom is -0.545 e. The zero-order valence-corrected chi connectivity index (χ0v) is 21.0. The molecule has 4 nitrogen and oxygen atoms in total. The molecule has 0 aliphatic heterocycles. The molecule has 0 bridgehead atoms. The van der Waals surface area contributed by atoms with Crippen LogP contribution in [0.15, 0.2) is 48.5 Å². The predicted octanol–water partition coefficient (Wildman–Crippen LogP) is 2.35. The van der Waals surface area contributed by atoms with Crippen LogP contribution in [0, 0.1) is 19.8 Å². The van der Waals surface area contributed by atoms with Crippen molar-refractivity contribution in [3.8, 4) is 22.7 Å². The zero-order chi connectivity index (χ0) is 21.3. The number of halogens is 1. The average Bonchev–Trinajstić information content (AvgIpc) is 3.37. The van der Waals surface area contributed by atoms with E-state index >= 15 is 0 Å². The number of ether oxygens (including phenoxy) is 1. The van der Waals surface area contributed by atoms with E-state index in [1.807, 2.05) is 47.9 Å². The third-order valence-corrected chi connectivity index (χ3v) is 6.18. The van der Waals surface area contributed by atoms with E-state index in [4.69, 9.17) is 16.3 Å². The molecule has 6 heteroatoms. The largest absolute Gasteiger partial charge is 1.00 e. The summed E-state index contributed by atoms with van der Waals surface area (Å²) in [5, 5.41) is 12.2. The van der Waals surface area contributed by atoms with Crippen LogP contribution in [-0.4, -0.2) is 17.1 Å². The Morgan fingerprint density at radius 1 is 1.10 bits per heavy atom. The first kappa shape index (κ1) is 23.9. The number of nitrogens with zero attached hydrogens (tertiary/aromatic N) is 1. The molecule has 0 saturated heterocycles. The van der Waals surface area contributed by atoms with Crippen molar-refractivity contribution in [1.29, 1.82) is 0 Å². The molecule has 1 aromatic heterocycles. The van der Waals surface area contributed by atoms with Gasteiger partial charge >= 0.3 is 29.6 Å². The Morgan fingerprint density at radius 3 is 2.55 bits per heavy atom. The van der Waals surface area contributed by atoms with Crippen molar-refractivity contribution in [2.75, 3.05) is 6.61 Å². The van der Waals surface area contributed by atoms with Gasteiger partial charge in [0.1, 0.15) is 5.75 Å². The molecule has 0 radical (unpaired) electrons. The Labute approximate surface area is 210 Å². The maximum atomic E-state index is 11.5. The minimum absolute atomic E-state index is 0. The molecule has 1 heterocycles. The maximum Gasteiger partial charge on any atom is 1.00 e. The van der Waals surface area contributed by atoms with E-state index in [0.29, 0.717) is 23.1 Å². The summed E-state index contributed by atoms with van der Waals surface area (Å²) in [7, 11) is 0. The number of carbonyl (C=O) groups is 1. The molecule has 0 unspecified atom stereocenters. The van der Waals surface area contributed by atoms with Gasteiger partial charge < -0.3 is 19.2 Å². The fourth-order valence-corrected chi connectivity index (χ4v) is 4.45. The third-order valence-electron chi connectivity index (χ3n) is 5.94. The number of aromatic nitrogens is 1. The van der Waals surface area contributed by atoms with Crippen LogP contribution in [0.5, 0.6) is 5.75 Å². The van der Waals surface area contributed by atoms with E-state index in [0.717, 1.165) is 28.4 Å². The summed E-state index contributed by atoms with van der Waals surface area (Å²) in [5.74, 6) is 0.215. The molecule has 2 aromatic carbocycles. The number of rotatable bonds is 6. The summed E-state index contributed by atoms with van der Waals surface area (Å²) in [6.07, 6.45) is 4.98. The van der Waals surface area contributed by atoms with Crippen LogP contribution in [0.1, 0.15) is 47.3 Å². The fraction of sp³-hybridized carbons (Fsp3) is 0.320. The SMILES string of the molecule is Cc1ccc(-n2c(C)ccc2-c2cc(Cl)ccc2OCC2CCCC2)cc1C(=O)[O-].[Na+]. The first-order valence-corrected chi connectivity index (χ1v) is 10.8. The number of carboxylic acids is 1. The van der Waals surface area contributed by atoms with Gasteiger partial charge in [-0.25, -0.2) is 0 Å². The van der Waals surface area contributed by atoms with Crippen molar-refractivity contribution in [1.82, 2.24) is 4.57 Å². The Hall–Kier alpha value is -1.72. The van der Waals surface area contributed by atoms with Crippen LogP contribution in [0.3, 0.4) is 0 Å². The van der Waals surface area contributed by atoms with Crippen molar-refractivity contribution in [2.24, 2.45) is 5.92 Å². The average molecular weight is 446 g/mol. The van der Waals surface area contributed by atoms with Gasteiger partial charge in [0.2, 0.25) is 0 Å². The maximum absolute atomic E-state index is 11.5. The molecule has 1 saturated carbocycles. The summed E-state index contributed by atoms with van der Waals surface area (Å²) in [6, 6.07) is 15.1. The minimum atomic E-state index is -1.18. The smallest absolute Gasteiger partial charge is 0.545 e. The number of carbonyl (C=O) groups excluding carboxylic acids is 1. The molecule has 3 aromatic rings. The normalized spacial score (nSPS) is 13.8. The van der Waals surface area contributed by atoms with Gasteiger partial charge in [-0.3, -0.25) is 0 Å². The van der Waals surface area contributed by atoms with Crippen LogP contribution in [-0.2, 0) is 0 Å². The van der Waals surface area contributed by atoms with Crippen LogP contribution < -0.4 is 39.4 Å². The summed E-state index contributed by atoms with van der Waals surface area (Å²) >= 11 is 6.34. The number of hydrogen-bond donors (Lipinski definition) is 0. The molecule has 1 aliphatic carbocycles. The molecule has 0 spiro atoms. The molecular weight excluding hydrogens is 421 g/mol. The van der Waals surface area contributed by atoms with Crippen LogP contribution in [0.2, 0.25) is 5.02 Å². The van der Waals surface area contributed by atoms with E-state index in [1.54, 1.807) is 19.1 Å². The van der Waals surface area contributed by atoms with Crippen molar-refractivity contribution >= 4 is 17.6 Å². The van der Waals surface area contributed by atoms with E-state index in [9.17, 15) is 9.90 Å². The van der Waals surface area contributed by atoms with Crippen LogP contribution >= 0.6 is 11.6 Å². The molecule has 0 atom stereocenters. The Kier molecular flexibility index (Phi) is 7.92. The molecule has 1 fully saturated rings. The van der Waals surface area contributed by atoms with E-state index in [2.05, 4.69) is 0 Å². The van der Waals surface area contributed by atoms with Gasteiger partial charge in [0, 0.05) is 27.5 Å². The van der Waals surface area contributed by atoms with Crippen LogP contribution in [0.25, 0.3) is 16.9 Å². The fourth-order valence-electron chi connectivity index (χ4n) is 4.27. The van der Waals surface area contributed by atoms with Crippen molar-refractivity contribution < 1.29 is 44.2 Å². The van der Waals surface area contributed by atoms with Gasteiger partial charge in [0.15, 0.2) is 0 Å². The van der Waals surface area contributed by atoms with Crippen LogP contribution in [0.4, 0.5) is 0 Å². The molecule has 0 N–H and O–H groups in total. The van der Waals surface area contributed by atoms with E-state index in [1.165, 1.54) is 25.7 Å². The molecular formula is C25H25ClNNaO3. The summed E-state index contributed by atoms with van der Waals surface area (Å²) in [4.78, 5) is 11.5. The topological polar surface area (TPSA) is 54.3 Å². The monoisotopic (exact) mass is 445 g/mol. The number of aromatic carboxylic acids is 1. The summed E-state index contributed by atoms with van der Waals surface area (Å²) in [6.45, 7) is 4.46. The van der Waals surface area contributed by atoms with Gasteiger partial charge in [-0.15, -0.1) is 0 Å². The first-order valence-electron chi connectivity index (χ1n) is 10.4. The van der Waals surface area contributed by atoms with E-state index in [-0.39, 0.29) is 35.1 Å². The number of carboxylic acid groups (broad SMARTS) is 1. The Balaban J connectivity index is 0.00000272. The standard InChI is InChI=1S/C25H26ClNO3.Na/c1-16-7-10-20(14-21(16)25(28)29)27-17(2)8-11-23(27)22-13-19(26)9-12-24(22)30-15-18-5-3-4-6-18;/h7-14,18H,3-6,15H2,1-2H3,(H,28,29);/q;+1/p-1. The molecule has 0 amide bonds. The predicted molar refractivity (Wildman–Crippen MR) is 117 cm³/mol. The third kappa shape index (κ3) is 5.20. The molecule has 31 heavy (non-hydrogen) atoms. The Bertz CT molecular complexity index is 1090. The van der Waals surface area contributed by atoms with Gasteiger partial charge in [0.05, 0.1) is 18.3 Å². The number of hydrogen-bond acceptors (Lipinski definition) is 3. The van der Waals surface area contributed by atoms with E-state index < -0.39 is 5.97 Å². The number of benzene rings is 2. The Morgan fingerprint density at radius 2 is 1.84 bits per heavy atom. The second kappa shape index (κ2) is 10.3. The van der Waals surface area contributed by atoms with Crippen molar-refractivity contribution in [3.63, 3.8) is 0 Å². The summed E-state index contributed by atoms with van der Waals surface area (Å²) in [5.41, 5.74) is 4.41. The second-order valence-electron chi connectivity index (χ2n) is 8.08. The van der Waals surface area contributed by atoms with Gasteiger partial charge in [-0.2, -0.15) is 0 Å². The first-order chi connectivity index (χ1) is 14.4. The zero-order valence-electron chi connectivity index (χ0n) is 18.3. The van der Waals surface area contributed by atoms with Crippen molar-refractivity contribution in [3.05, 3.63) is 70.4 Å². The van der Waals surface area contributed by atoms with Crippen molar-refractivity contribution in [2.45, 2.75) is 39.5 Å². The van der Waals surface area contributed by atoms with Gasteiger partial charge in [0.25, 0.3) is 0 Å². The van der Waals surface area contributed by atoms with Gasteiger partial charge in [-0.1, -0.05) is 30.5 Å². The second-order valence-corrected chi connectivity index (χ2v) is 8.52. The molecule has 1 aliphatic rings. The summed E-state index contributed by atoms with van der Waals surface area (Å²) < 4.78 is 8.26. The number of aryl methyl sites for hydroxylation is 2.